The number of carbonyl (C=O) groups excluding carboxylic acids is 4. The van der Waals surface area contributed by atoms with Gasteiger partial charge in [0.1, 0.15) is 23.7 Å². The highest BCUT2D eigenvalue weighted by atomic mass is 16.6. The maximum absolute atomic E-state index is 13.6. The number of hydrogen-bond acceptors (Lipinski definition) is 7. The minimum Gasteiger partial charge on any atom is -0.480 e. The van der Waals surface area contributed by atoms with Crippen LogP contribution >= 0.6 is 0 Å². The van der Waals surface area contributed by atoms with Crippen molar-refractivity contribution < 1.29 is 33.8 Å². The molecule has 0 heterocycles. The van der Waals surface area contributed by atoms with E-state index in [9.17, 15) is 29.1 Å². The van der Waals surface area contributed by atoms with Crippen LogP contribution in [0.25, 0.3) is 0 Å². The number of primary amides is 1. The van der Waals surface area contributed by atoms with Gasteiger partial charge in [0.05, 0.1) is 0 Å². The second kappa shape index (κ2) is 17.4. The molecular formula is C31H52N6O7. The van der Waals surface area contributed by atoms with Gasteiger partial charge in [-0.05, 0) is 76.6 Å². The molecule has 0 spiro atoms. The van der Waals surface area contributed by atoms with Crippen LogP contribution in [0.5, 0.6) is 0 Å². The number of hydrogen-bond donors (Lipinski definition) is 5. The molecule has 44 heavy (non-hydrogen) atoms. The van der Waals surface area contributed by atoms with E-state index in [1.54, 1.807) is 60.8 Å². The predicted octanol–water partition coefficient (Wildman–Crippen LogP) is 2.72. The Labute approximate surface area is 261 Å². The van der Waals surface area contributed by atoms with Crippen LogP contribution in [0.15, 0.2) is 24.3 Å². The lowest BCUT2D eigenvalue weighted by Gasteiger charge is -2.29. The third-order valence-electron chi connectivity index (χ3n) is 6.97. The second-order valence-electron chi connectivity index (χ2n) is 12.7. The molecule has 0 saturated heterocycles. The number of carbonyl (C=O) groups is 5. The molecule has 3 atom stereocenters. The number of aliphatic carboxylic acids is 1. The Hall–Kier alpha value is -3.87. The first kappa shape index (κ1) is 38.2. The quantitative estimate of drug-likeness (QED) is 0.175. The van der Waals surface area contributed by atoms with E-state index in [0.29, 0.717) is 25.1 Å². The molecule has 5 amide bonds. The largest absolute Gasteiger partial charge is 0.480 e. The maximum atomic E-state index is 13.6. The molecule has 13 heteroatoms. The minimum absolute atomic E-state index is 0.0385. The molecule has 6 N–H and O–H groups in total. The lowest BCUT2D eigenvalue weighted by atomic mass is 10.0. The minimum atomic E-state index is -0.957. The van der Waals surface area contributed by atoms with Crippen LogP contribution in [0.4, 0.5) is 15.3 Å². The van der Waals surface area contributed by atoms with Crippen LogP contribution in [0.1, 0.15) is 66.9 Å². The maximum Gasteiger partial charge on any atom is 0.408 e. The topological polar surface area (TPSA) is 183 Å². The standard InChI is InChI=1S/C31H52N6O7/c1-19(2)24(35-30(43)44-31(5,6)7)26(38)34-23(11-10-17-33-29(32)42)27(39)37(9)22-14-12-21(13-15-22)16-18-36(8)25(20(3)4)28(40)41/h12-15,19-20,23-25H,10-11,16-18H2,1-9H3,(H,34,38)(H,35,43)(H,40,41)(H3,32,33,42)/t23-,24-,25?/m0/s1. The molecule has 0 fully saturated rings. The van der Waals surface area contributed by atoms with Crippen molar-refractivity contribution in [1.29, 1.82) is 0 Å². The van der Waals surface area contributed by atoms with Crippen molar-refractivity contribution in [2.24, 2.45) is 17.6 Å². The van der Waals surface area contributed by atoms with Crippen molar-refractivity contribution >= 4 is 35.6 Å². The van der Waals surface area contributed by atoms with Crippen molar-refractivity contribution in [2.75, 3.05) is 32.1 Å². The number of ether oxygens (including phenoxy) is 1. The SMILES string of the molecule is CC(C)C(C(=O)O)N(C)CCc1ccc(N(C)C(=O)[C@H](CCCNC(N)=O)NC(=O)[C@@H](NC(=O)OC(C)(C)C)C(C)C)cc1. The molecule has 1 rings (SSSR count). The third-order valence-corrected chi connectivity index (χ3v) is 6.97. The van der Waals surface area contributed by atoms with Crippen LogP contribution in [-0.4, -0.2) is 90.8 Å². The average molecular weight is 621 g/mol. The Morgan fingerprint density at radius 1 is 0.955 bits per heavy atom. The number of nitrogens with two attached hydrogens (primary N) is 1. The van der Waals surface area contributed by atoms with Crippen LogP contribution < -0.4 is 26.6 Å². The summed E-state index contributed by atoms with van der Waals surface area (Å²) in [7, 11) is 3.39. The highest BCUT2D eigenvalue weighted by Gasteiger charge is 2.32. The summed E-state index contributed by atoms with van der Waals surface area (Å²) in [5.41, 5.74) is 5.97. The molecule has 0 radical (unpaired) electrons. The van der Waals surface area contributed by atoms with Crippen LogP contribution in [-0.2, 0) is 25.5 Å². The Balaban J connectivity index is 3.05. The fourth-order valence-corrected chi connectivity index (χ4v) is 4.68. The Morgan fingerprint density at radius 2 is 1.55 bits per heavy atom. The van der Waals surface area contributed by atoms with Gasteiger partial charge in [0.15, 0.2) is 0 Å². The highest BCUT2D eigenvalue weighted by molar-refractivity contribution is 5.99. The first-order valence-electron chi connectivity index (χ1n) is 15.0. The Morgan fingerprint density at radius 3 is 2.02 bits per heavy atom. The molecule has 13 nitrogen and oxygen atoms in total. The molecule has 0 aromatic heterocycles. The molecule has 0 aliphatic rings. The summed E-state index contributed by atoms with van der Waals surface area (Å²) >= 11 is 0. The molecule has 0 saturated carbocycles. The average Bonchev–Trinajstić information content (AvgIpc) is 2.89. The van der Waals surface area contributed by atoms with Gasteiger partial charge in [0, 0.05) is 25.8 Å². The van der Waals surface area contributed by atoms with Gasteiger partial charge in [-0.25, -0.2) is 9.59 Å². The summed E-state index contributed by atoms with van der Waals surface area (Å²) in [4.78, 5) is 65.3. The number of urea groups is 1. The van der Waals surface area contributed by atoms with E-state index in [1.165, 1.54) is 4.90 Å². The monoisotopic (exact) mass is 620 g/mol. The summed E-state index contributed by atoms with van der Waals surface area (Å²) in [6.45, 7) is 13.2. The van der Waals surface area contributed by atoms with Gasteiger partial charge < -0.3 is 36.4 Å². The van der Waals surface area contributed by atoms with Gasteiger partial charge in [0.2, 0.25) is 11.8 Å². The van der Waals surface area contributed by atoms with Crippen molar-refractivity contribution in [3.8, 4) is 0 Å². The number of rotatable bonds is 16. The number of likely N-dealkylation sites (N-methyl/N-ethyl adjacent to an activating group) is 2. The number of anilines is 1. The van der Waals surface area contributed by atoms with Gasteiger partial charge in [-0.3, -0.25) is 19.3 Å². The van der Waals surface area contributed by atoms with Crippen molar-refractivity contribution in [2.45, 2.75) is 91.5 Å². The van der Waals surface area contributed by atoms with Gasteiger partial charge in [0.25, 0.3) is 0 Å². The molecule has 0 aliphatic carbocycles. The number of benzene rings is 1. The Bertz CT molecular complexity index is 1120. The molecule has 0 bridgehead atoms. The number of nitrogens with zero attached hydrogens (tertiary/aromatic N) is 2. The van der Waals surface area contributed by atoms with E-state index in [4.69, 9.17) is 10.5 Å². The Kier molecular flexibility index (Phi) is 15.1. The number of alkyl carbamates (subject to hydrolysis) is 1. The van der Waals surface area contributed by atoms with Gasteiger partial charge in [-0.2, -0.15) is 0 Å². The van der Waals surface area contributed by atoms with E-state index < -0.39 is 47.7 Å². The summed E-state index contributed by atoms with van der Waals surface area (Å²) in [6, 6.07) is 4.15. The molecule has 0 aliphatic heterocycles. The molecule has 248 valence electrons. The van der Waals surface area contributed by atoms with Crippen molar-refractivity contribution in [3.63, 3.8) is 0 Å². The normalized spacial score (nSPS) is 13.6. The van der Waals surface area contributed by atoms with Crippen LogP contribution in [0.3, 0.4) is 0 Å². The number of carboxylic acids is 1. The molecule has 1 unspecified atom stereocenters. The van der Waals surface area contributed by atoms with E-state index in [0.717, 1.165) is 5.56 Å². The summed E-state index contributed by atoms with van der Waals surface area (Å²) in [5.74, 6) is -2.12. The first-order valence-corrected chi connectivity index (χ1v) is 15.0. The third kappa shape index (κ3) is 13.2. The van der Waals surface area contributed by atoms with Crippen molar-refractivity contribution in [1.82, 2.24) is 20.9 Å². The van der Waals surface area contributed by atoms with E-state index >= 15 is 0 Å². The number of amides is 5. The van der Waals surface area contributed by atoms with E-state index in [-0.39, 0.29) is 30.7 Å². The fourth-order valence-electron chi connectivity index (χ4n) is 4.68. The second-order valence-corrected chi connectivity index (χ2v) is 12.7. The lowest BCUT2D eigenvalue weighted by molar-refractivity contribution is -0.144. The summed E-state index contributed by atoms with van der Waals surface area (Å²) in [6.07, 6.45) is 0.445. The van der Waals surface area contributed by atoms with E-state index in [2.05, 4.69) is 16.0 Å². The van der Waals surface area contributed by atoms with Gasteiger partial charge in [-0.15, -0.1) is 0 Å². The summed E-state index contributed by atoms with van der Waals surface area (Å²) < 4.78 is 5.31. The molecular weight excluding hydrogens is 568 g/mol. The predicted molar refractivity (Wildman–Crippen MR) is 169 cm³/mol. The zero-order valence-electron chi connectivity index (χ0n) is 27.6. The number of nitrogens with one attached hydrogen (secondary N) is 3. The van der Waals surface area contributed by atoms with Gasteiger partial charge in [-0.1, -0.05) is 39.8 Å². The van der Waals surface area contributed by atoms with E-state index in [1.807, 2.05) is 30.9 Å². The van der Waals surface area contributed by atoms with Crippen LogP contribution in [0.2, 0.25) is 0 Å². The van der Waals surface area contributed by atoms with Crippen LogP contribution in [0, 0.1) is 11.8 Å². The van der Waals surface area contributed by atoms with Gasteiger partial charge >= 0.3 is 18.1 Å². The zero-order chi connectivity index (χ0) is 33.8. The molecule has 1 aromatic carbocycles. The summed E-state index contributed by atoms with van der Waals surface area (Å²) in [5, 5.41) is 17.4. The first-order chi connectivity index (χ1) is 20.3. The van der Waals surface area contributed by atoms with Crippen molar-refractivity contribution in [3.05, 3.63) is 29.8 Å². The zero-order valence-corrected chi connectivity index (χ0v) is 27.6. The smallest absolute Gasteiger partial charge is 0.408 e. The lowest BCUT2D eigenvalue weighted by Crippen LogP contribution is -2.56. The molecule has 1 aromatic rings. The highest BCUT2D eigenvalue weighted by Crippen LogP contribution is 2.18. The number of carboxylic acid groups (broad SMARTS) is 1. The fraction of sp³-hybridized carbons (Fsp3) is 0.645.